The molecule has 1 rings (SSSR count). The Balaban J connectivity index is 2.17. The lowest BCUT2D eigenvalue weighted by Crippen LogP contribution is -2.41. The number of hydrogen-bond acceptors (Lipinski definition) is 3. The number of likely N-dealkylation sites (N-methyl/N-ethyl adjacent to an activating group) is 1. The molecule has 0 heterocycles. The molecule has 1 aliphatic carbocycles. The topological polar surface area (TPSA) is 69.6 Å². The van der Waals surface area contributed by atoms with E-state index in [0.29, 0.717) is 18.6 Å². The van der Waals surface area contributed by atoms with E-state index in [1.54, 1.807) is 6.92 Å². The maximum Gasteiger partial charge on any atom is 0.303 e. The van der Waals surface area contributed by atoms with Gasteiger partial charge < -0.3 is 10.4 Å². The van der Waals surface area contributed by atoms with E-state index < -0.39 is 5.97 Å². The van der Waals surface area contributed by atoms with Crippen LogP contribution in [0.25, 0.3) is 0 Å². The highest BCUT2D eigenvalue weighted by atomic mass is 16.4. The van der Waals surface area contributed by atoms with E-state index >= 15 is 0 Å². The van der Waals surface area contributed by atoms with Crippen LogP contribution in [0.5, 0.6) is 0 Å². The van der Waals surface area contributed by atoms with Gasteiger partial charge in [0.05, 0.1) is 0 Å². The zero-order chi connectivity index (χ0) is 13.7. The molecule has 0 spiro atoms. The maximum absolute atomic E-state index is 11.6. The number of nitrogens with one attached hydrogen (secondary N) is 1. The summed E-state index contributed by atoms with van der Waals surface area (Å²) in [4.78, 5) is 24.4. The monoisotopic (exact) mass is 256 g/mol. The Bertz CT molecular complexity index is 303. The second-order valence-electron chi connectivity index (χ2n) is 5.46. The van der Waals surface area contributed by atoms with Gasteiger partial charge in [-0.15, -0.1) is 0 Å². The molecule has 1 saturated carbocycles. The smallest absolute Gasteiger partial charge is 0.303 e. The molecule has 0 aliphatic heterocycles. The Kier molecular flexibility index (Phi) is 5.59. The zero-order valence-corrected chi connectivity index (χ0v) is 11.5. The molecule has 5 heteroatoms. The number of carboxylic acid groups (broad SMARTS) is 1. The summed E-state index contributed by atoms with van der Waals surface area (Å²) in [6, 6.07) is 1.01. The van der Waals surface area contributed by atoms with Crippen LogP contribution in [0.1, 0.15) is 39.5 Å². The van der Waals surface area contributed by atoms with Crippen molar-refractivity contribution in [3.05, 3.63) is 0 Å². The summed E-state index contributed by atoms with van der Waals surface area (Å²) in [5, 5.41) is 11.5. The van der Waals surface area contributed by atoms with Crippen molar-refractivity contribution in [3.63, 3.8) is 0 Å². The molecule has 1 aliphatic rings. The van der Waals surface area contributed by atoms with Crippen molar-refractivity contribution in [2.45, 2.75) is 51.6 Å². The highest BCUT2D eigenvalue weighted by Crippen LogP contribution is 2.26. The van der Waals surface area contributed by atoms with Gasteiger partial charge in [0, 0.05) is 31.5 Å². The summed E-state index contributed by atoms with van der Waals surface area (Å²) in [7, 11) is 2.08. The minimum absolute atomic E-state index is 0.0466. The molecule has 0 bridgehead atoms. The number of carbonyl (C=O) groups is 2. The fourth-order valence-corrected chi connectivity index (χ4v) is 2.01. The first-order chi connectivity index (χ1) is 8.40. The average Bonchev–Trinajstić information content (AvgIpc) is 3.07. The van der Waals surface area contributed by atoms with E-state index in [1.807, 2.05) is 0 Å². The van der Waals surface area contributed by atoms with E-state index in [0.717, 1.165) is 0 Å². The molecular weight excluding hydrogens is 232 g/mol. The minimum Gasteiger partial charge on any atom is -0.481 e. The lowest BCUT2D eigenvalue weighted by Gasteiger charge is -2.24. The predicted octanol–water partition coefficient (Wildman–Crippen LogP) is 1.09. The lowest BCUT2D eigenvalue weighted by molar-refractivity contribution is -0.138. The molecule has 0 radical (unpaired) electrons. The molecule has 5 nitrogen and oxygen atoms in total. The van der Waals surface area contributed by atoms with Crippen LogP contribution < -0.4 is 5.32 Å². The molecular formula is C13H24N2O3. The molecule has 1 fully saturated rings. The van der Waals surface area contributed by atoms with Crippen molar-refractivity contribution < 1.29 is 14.7 Å². The van der Waals surface area contributed by atoms with E-state index in [-0.39, 0.29) is 24.7 Å². The molecule has 18 heavy (non-hydrogen) atoms. The second kappa shape index (κ2) is 6.73. The predicted molar refractivity (Wildman–Crippen MR) is 69.3 cm³/mol. The summed E-state index contributed by atoms with van der Waals surface area (Å²) in [6.45, 7) is 4.51. The van der Waals surface area contributed by atoms with Crippen molar-refractivity contribution in [1.29, 1.82) is 0 Å². The summed E-state index contributed by atoms with van der Waals surface area (Å²) in [6.07, 6.45) is 2.84. The molecule has 0 aromatic carbocycles. The Morgan fingerprint density at radius 1 is 1.33 bits per heavy atom. The number of nitrogens with zero attached hydrogens (tertiary/aromatic N) is 1. The molecule has 2 atom stereocenters. The highest BCUT2D eigenvalue weighted by molar-refractivity contribution is 5.77. The van der Waals surface area contributed by atoms with Crippen LogP contribution in [0.15, 0.2) is 0 Å². The third-order valence-electron chi connectivity index (χ3n) is 3.47. The van der Waals surface area contributed by atoms with Crippen LogP contribution in [-0.2, 0) is 9.59 Å². The summed E-state index contributed by atoms with van der Waals surface area (Å²) in [5.74, 6) is -1.02. The first-order valence-electron chi connectivity index (χ1n) is 6.60. The zero-order valence-electron chi connectivity index (χ0n) is 11.5. The Hall–Kier alpha value is -1.10. The van der Waals surface area contributed by atoms with Crippen molar-refractivity contribution in [3.8, 4) is 0 Å². The third-order valence-corrected chi connectivity index (χ3v) is 3.47. The first kappa shape index (κ1) is 15.0. The second-order valence-corrected chi connectivity index (χ2v) is 5.46. The average molecular weight is 256 g/mol. The van der Waals surface area contributed by atoms with Gasteiger partial charge in [-0.05, 0) is 32.7 Å². The van der Waals surface area contributed by atoms with Crippen LogP contribution in [0, 0.1) is 5.92 Å². The van der Waals surface area contributed by atoms with Crippen molar-refractivity contribution in [1.82, 2.24) is 10.2 Å². The highest BCUT2D eigenvalue weighted by Gasteiger charge is 2.29. The molecule has 0 aromatic heterocycles. The quantitative estimate of drug-likeness (QED) is 0.682. The molecule has 0 aromatic rings. The van der Waals surface area contributed by atoms with Gasteiger partial charge in [0.2, 0.25) is 5.91 Å². The molecule has 2 N–H and O–H groups in total. The van der Waals surface area contributed by atoms with E-state index in [4.69, 9.17) is 5.11 Å². The van der Waals surface area contributed by atoms with Crippen LogP contribution in [0.3, 0.4) is 0 Å². The van der Waals surface area contributed by atoms with Gasteiger partial charge in [0.1, 0.15) is 0 Å². The summed E-state index contributed by atoms with van der Waals surface area (Å²) in [5.41, 5.74) is 0. The SMILES string of the molecule is CC(CC(=O)O)CC(=O)NCC(C)N(C)C1CC1. The van der Waals surface area contributed by atoms with Gasteiger partial charge >= 0.3 is 5.97 Å². The van der Waals surface area contributed by atoms with Crippen molar-refractivity contribution in [2.75, 3.05) is 13.6 Å². The molecule has 0 saturated heterocycles. The van der Waals surface area contributed by atoms with Gasteiger partial charge in [-0.25, -0.2) is 0 Å². The van der Waals surface area contributed by atoms with Crippen LogP contribution in [-0.4, -0.2) is 47.6 Å². The molecule has 1 amide bonds. The number of rotatable bonds is 8. The largest absolute Gasteiger partial charge is 0.481 e. The van der Waals surface area contributed by atoms with Crippen LogP contribution in [0.4, 0.5) is 0 Å². The number of hydrogen-bond donors (Lipinski definition) is 2. The summed E-state index contributed by atoms with van der Waals surface area (Å²) < 4.78 is 0. The summed E-state index contributed by atoms with van der Waals surface area (Å²) >= 11 is 0. The van der Waals surface area contributed by atoms with E-state index in [1.165, 1.54) is 12.8 Å². The lowest BCUT2D eigenvalue weighted by atomic mass is 10.0. The van der Waals surface area contributed by atoms with Gasteiger partial charge in [0.15, 0.2) is 0 Å². The van der Waals surface area contributed by atoms with Gasteiger partial charge in [0.25, 0.3) is 0 Å². The fourth-order valence-electron chi connectivity index (χ4n) is 2.01. The van der Waals surface area contributed by atoms with Gasteiger partial charge in [-0.1, -0.05) is 6.92 Å². The molecule has 104 valence electrons. The standard InChI is InChI=1S/C13H24N2O3/c1-9(7-13(17)18)6-12(16)14-8-10(2)15(3)11-4-5-11/h9-11H,4-8H2,1-3H3,(H,14,16)(H,17,18). The number of carbonyl (C=O) groups excluding carboxylic acids is 1. The Morgan fingerprint density at radius 2 is 1.94 bits per heavy atom. The number of amides is 1. The van der Waals surface area contributed by atoms with Crippen molar-refractivity contribution >= 4 is 11.9 Å². The van der Waals surface area contributed by atoms with E-state index in [9.17, 15) is 9.59 Å². The number of carboxylic acids is 1. The van der Waals surface area contributed by atoms with Crippen LogP contribution in [0.2, 0.25) is 0 Å². The normalized spacial score (nSPS) is 18.4. The van der Waals surface area contributed by atoms with E-state index in [2.05, 4.69) is 24.2 Å². The van der Waals surface area contributed by atoms with Gasteiger partial charge in [-0.2, -0.15) is 0 Å². The Morgan fingerprint density at radius 3 is 2.44 bits per heavy atom. The Labute approximate surface area is 109 Å². The maximum atomic E-state index is 11.6. The minimum atomic E-state index is -0.850. The molecule has 2 unspecified atom stereocenters. The third kappa shape index (κ3) is 5.49. The fraction of sp³-hybridized carbons (Fsp3) is 0.846. The van der Waals surface area contributed by atoms with Gasteiger partial charge in [-0.3, -0.25) is 14.5 Å². The first-order valence-corrected chi connectivity index (χ1v) is 6.60. The number of aliphatic carboxylic acids is 1. The van der Waals surface area contributed by atoms with Crippen molar-refractivity contribution in [2.24, 2.45) is 5.92 Å². The van der Waals surface area contributed by atoms with Crippen LogP contribution >= 0.6 is 0 Å².